The zero-order valence-corrected chi connectivity index (χ0v) is 15.5. The third-order valence-corrected chi connectivity index (χ3v) is 5.80. The first-order chi connectivity index (χ1) is 11.5. The Labute approximate surface area is 152 Å². The van der Waals surface area contributed by atoms with Gasteiger partial charge < -0.3 is 19.7 Å². The molecule has 1 N–H and O–H groups in total. The second-order valence-electron chi connectivity index (χ2n) is 6.47. The van der Waals surface area contributed by atoms with Gasteiger partial charge in [0.15, 0.2) is 0 Å². The molecule has 2 aliphatic heterocycles. The summed E-state index contributed by atoms with van der Waals surface area (Å²) in [5, 5.41) is 4.63. The molecule has 1 aliphatic carbocycles. The molecule has 0 saturated carbocycles. The molecule has 0 fully saturated rings. The summed E-state index contributed by atoms with van der Waals surface area (Å²) in [6.07, 6.45) is 3.54. The number of carbonyl (C=O) groups excluding carboxylic acids is 1. The SMILES string of the molecule is COCCOCC(=O)N1CCC2=C(C1)C1(C)CC=C(Cl)C(Cl)=C1N2. The van der Waals surface area contributed by atoms with Crippen LogP contribution in [0.1, 0.15) is 19.8 Å². The van der Waals surface area contributed by atoms with Crippen molar-refractivity contribution < 1.29 is 14.3 Å². The largest absolute Gasteiger partial charge is 0.382 e. The fourth-order valence-corrected chi connectivity index (χ4v) is 3.98. The second-order valence-corrected chi connectivity index (χ2v) is 7.26. The lowest BCUT2D eigenvalue weighted by Gasteiger charge is -2.35. The Morgan fingerprint density at radius 3 is 2.96 bits per heavy atom. The van der Waals surface area contributed by atoms with Crippen molar-refractivity contribution in [2.45, 2.75) is 19.8 Å². The number of rotatable bonds is 5. The number of hydrogen-bond acceptors (Lipinski definition) is 4. The number of amides is 1. The topological polar surface area (TPSA) is 50.8 Å². The highest BCUT2D eigenvalue weighted by Gasteiger charge is 2.46. The van der Waals surface area contributed by atoms with Crippen molar-refractivity contribution in [3.8, 4) is 0 Å². The first-order valence-corrected chi connectivity index (χ1v) is 8.83. The average Bonchev–Trinajstić information content (AvgIpc) is 2.88. The van der Waals surface area contributed by atoms with Crippen LogP contribution in [-0.4, -0.2) is 50.8 Å². The Morgan fingerprint density at radius 2 is 2.21 bits per heavy atom. The van der Waals surface area contributed by atoms with Crippen LogP contribution in [-0.2, 0) is 14.3 Å². The summed E-state index contributed by atoms with van der Waals surface area (Å²) in [5.74, 6) is 0.00848. The van der Waals surface area contributed by atoms with E-state index in [1.807, 2.05) is 11.0 Å². The maximum absolute atomic E-state index is 12.4. The van der Waals surface area contributed by atoms with E-state index in [2.05, 4.69) is 12.2 Å². The van der Waals surface area contributed by atoms with E-state index in [0.717, 1.165) is 18.5 Å². The smallest absolute Gasteiger partial charge is 0.248 e. The van der Waals surface area contributed by atoms with Gasteiger partial charge in [-0.1, -0.05) is 29.3 Å². The third-order valence-electron chi connectivity index (χ3n) is 4.97. The summed E-state index contributed by atoms with van der Waals surface area (Å²) in [6.45, 7) is 4.44. The molecule has 1 atom stereocenters. The number of fused-ring (bicyclic) bond motifs is 2. The van der Waals surface area contributed by atoms with E-state index in [0.29, 0.717) is 36.4 Å². The number of hydrogen-bond donors (Lipinski definition) is 1. The van der Waals surface area contributed by atoms with Gasteiger partial charge in [0.1, 0.15) is 6.61 Å². The molecule has 132 valence electrons. The number of nitrogens with zero attached hydrogens (tertiary/aromatic N) is 1. The quantitative estimate of drug-likeness (QED) is 0.753. The summed E-state index contributed by atoms with van der Waals surface area (Å²) >= 11 is 12.6. The number of halogens is 2. The van der Waals surface area contributed by atoms with Gasteiger partial charge in [0.25, 0.3) is 0 Å². The molecule has 1 amide bonds. The van der Waals surface area contributed by atoms with Crippen molar-refractivity contribution in [3.63, 3.8) is 0 Å². The van der Waals surface area contributed by atoms with E-state index in [9.17, 15) is 4.79 Å². The van der Waals surface area contributed by atoms with Gasteiger partial charge in [-0.2, -0.15) is 0 Å². The molecule has 24 heavy (non-hydrogen) atoms. The second kappa shape index (κ2) is 7.08. The summed E-state index contributed by atoms with van der Waals surface area (Å²) in [4.78, 5) is 14.2. The average molecular weight is 373 g/mol. The lowest BCUT2D eigenvalue weighted by Crippen LogP contribution is -2.41. The number of allylic oxidation sites excluding steroid dienone is 4. The van der Waals surface area contributed by atoms with E-state index in [1.54, 1.807) is 7.11 Å². The Kier molecular flexibility index (Phi) is 5.25. The van der Waals surface area contributed by atoms with Crippen molar-refractivity contribution >= 4 is 29.1 Å². The monoisotopic (exact) mass is 372 g/mol. The molecule has 2 heterocycles. The molecule has 0 aromatic heterocycles. The summed E-state index contributed by atoms with van der Waals surface area (Å²) in [6, 6.07) is 0. The van der Waals surface area contributed by atoms with E-state index < -0.39 is 0 Å². The van der Waals surface area contributed by atoms with Crippen molar-refractivity contribution in [3.05, 3.63) is 33.1 Å². The fraction of sp³-hybridized carbons (Fsp3) is 0.588. The minimum Gasteiger partial charge on any atom is -0.382 e. The standard InChI is InChI=1S/C17H22Cl2N2O3/c1-17-5-3-12(18)15(19)16(17)20-13-4-6-21(9-11(13)17)14(22)10-24-8-7-23-2/h3,20H,4-10H2,1-2H3. The maximum Gasteiger partial charge on any atom is 0.248 e. The molecule has 0 aromatic carbocycles. The van der Waals surface area contributed by atoms with Crippen LogP contribution in [0.15, 0.2) is 33.1 Å². The number of nitrogens with one attached hydrogen (secondary N) is 1. The minimum absolute atomic E-state index is 0.00848. The molecule has 0 aromatic rings. The Balaban J connectivity index is 1.69. The van der Waals surface area contributed by atoms with Crippen LogP contribution in [0.3, 0.4) is 0 Å². The highest BCUT2D eigenvalue weighted by Crippen LogP contribution is 2.52. The molecule has 0 radical (unpaired) electrons. The molecule has 3 aliphatic rings. The highest BCUT2D eigenvalue weighted by atomic mass is 35.5. The van der Waals surface area contributed by atoms with Gasteiger partial charge in [-0.25, -0.2) is 0 Å². The van der Waals surface area contributed by atoms with Crippen LogP contribution >= 0.6 is 23.2 Å². The molecular weight excluding hydrogens is 351 g/mol. The van der Waals surface area contributed by atoms with Crippen LogP contribution < -0.4 is 5.32 Å². The third kappa shape index (κ3) is 3.10. The fourth-order valence-electron chi connectivity index (χ4n) is 3.48. The van der Waals surface area contributed by atoms with E-state index >= 15 is 0 Å². The van der Waals surface area contributed by atoms with E-state index in [4.69, 9.17) is 32.7 Å². The van der Waals surface area contributed by atoms with Gasteiger partial charge in [0.2, 0.25) is 5.91 Å². The summed E-state index contributed by atoms with van der Waals surface area (Å²) < 4.78 is 10.3. The molecular formula is C17H22Cl2N2O3. The molecule has 0 spiro atoms. The lowest BCUT2D eigenvalue weighted by molar-refractivity contribution is -0.136. The van der Waals surface area contributed by atoms with Gasteiger partial charge in [-0.3, -0.25) is 4.79 Å². The Hall–Kier alpha value is -1.01. The van der Waals surface area contributed by atoms with Crippen LogP contribution in [0.2, 0.25) is 0 Å². The van der Waals surface area contributed by atoms with Gasteiger partial charge in [-0.05, 0) is 18.9 Å². The minimum atomic E-state index is -0.208. The van der Waals surface area contributed by atoms with E-state index in [1.165, 1.54) is 11.3 Å². The molecule has 5 nitrogen and oxygen atoms in total. The van der Waals surface area contributed by atoms with Gasteiger partial charge in [-0.15, -0.1) is 0 Å². The zero-order valence-electron chi connectivity index (χ0n) is 14.0. The number of methoxy groups -OCH3 is 1. The Morgan fingerprint density at radius 1 is 1.42 bits per heavy atom. The predicted octanol–water partition coefficient (Wildman–Crippen LogP) is 2.72. The molecule has 0 bridgehead atoms. The number of ether oxygens (including phenoxy) is 2. The Bertz CT molecular complexity index is 642. The van der Waals surface area contributed by atoms with Crippen molar-refractivity contribution in [1.82, 2.24) is 10.2 Å². The zero-order chi connectivity index (χ0) is 17.3. The van der Waals surface area contributed by atoms with E-state index in [-0.39, 0.29) is 17.9 Å². The van der Waals surface area contributed by atoms with Crippen LogP contribution in [0.25, 0.3) is 0 Å². The molecule has 0 saturated heterocycles. The summed E-state index contributed by atoms with van der Waals surface area (Å²) in [7, 11) is 1.61. The van der Waals surface area contributed by atoms with Crippen LogP contribution in [0, 0.1) is 5.41 Å². The van der Waals surface area contributed by atoms with Crippen LogP contribution in [0.4, 0.5) is 0 Å². The predicted molar refractivity (Wildman–Crippen MR) is 93.6 cm³/mol. The molecule has 7 heteroatoms. The lowest BCUT2D eigenvalue weighted by atomic mass is 9.74. The maximum atomic E-state index is 12.4. The van der Waals surface area contributed by atoms with Gasteiger partial charge >= 0.3 is 0 Å². The first kappa shape index (κ1) is 17.8. The normalized spacial score (nSPS) is 26.2. The first-order valence-electron chi connectivity index (χ1n) is 8.07. The van der Waals surface area contributed by atoms with Gasteiger partial charge in [0, 0.05) is 43.4 Å². The molecule has 3 rings (SSSR count). The highest BCUT2D eigenvalue weighted by molar-refractivity contribution is 6.44. The van der Waals surface area contributed by atoms with Crippen molar-refractivity contribution in [1.29, 1.82) is 0 Å². The van der Waals surface area contributed by atoms with Crippen molar-refractivity contribution in [2.24, 2.45) is 5.41 Å². The summed E-state index contributed by atoms with van der Waals surface area (Å²) in [5.41, 5.74) is 3.16. The molecule has 1 unspecified atom stereocenters. The van der Waals surface area contributed by atoms with Crippen LogP contribution in [0.5, 0.6) is 0 Å². The van der Waals surface area contributed by atoms with Crippen molar-refractivity contribution in [2.75, 3.05) is 40.0 Å². The number of carbonyl (C=O) groups is 1. The van der Waals surface area contributed by atoms with Gasteiger partial charge in [0.05, 0.1) is 23.3 Å².